The van der Waals surface area contributed by atoms with Crippen molar-refractivity contribution in [3.05, 3.63) is 64.6 Å². The number of aryl methyl sites for hydroxylation is 1. The van der Waals surface area contributed by atoms with Gasteiger partial charge < -0.3 is 20.8 Å². The highest BCUT2D eigenvalue weighted by atomic mass is 19.1. The standard InChI is InChI=1S/C23H20B2FN5O2/c1-12-5-17(26)15(23(24,25)33)8-19(12)31-21-28-4-3-18(30-21)13-6-14(9-27)20-16(7-13)22(2,11-32)10-29-20/h3-8,29,32-33H,10-11H2,1-2H3,(H,28,30,31)/t22-/m1/s1. The van der Waals surface area contributed by atoms with Gasteiger partial charge in [-0.25, -0.2) is 14.4 Å². The van der Waals surface area contributed by atoms with Crippen molar-refractivity contribution >= 4 is 33.0 Å². The molecule has 0 fully saturated rings. The van der Waals surface area contributed by atoms with Crippen molar-refractivity contribution in [1.82, 2.24) is 9.97 Å². The Morgan fingerprint density at radius 2 is 2.09 bits per heavy atom. The molecule has 1 aliphatic heterocycles. The maximum atomic E-state index is 14.2. The predicted molar refractivity (Wildman–Crippen MR) is 125 cm³/mol. The summed E-state index contributed by atoms with van der Waals surface area (Å²) in [6.45, 7) is 4.05. The van der Waals surface area contributed by atoms with Crippen LogP contribution >= 0.6 is 0 Å². The molecule has 1 atom stereocenters. The van der Waals surface area contributed by atoms with Crippen LogP contribution in [0.2, 0.25) is 0 Å². The fraction of sp³-hybridized carbons (Fsp3) is 0.261. The molecular weight excluding hydrogens is 419 g/mol. The Bertz CT molecular complexity index is 1290. The zero-order valence-corrected chi connectivity index (χ0v) is 18.1. The fourth-order valence-electron chi connectivity index (χ4n) is 3.88. The third kappa shape index (κ3) is 4.17. The van der Waals surface area contributed by atoms with E-state index in [1.165, 1.54) is 12.1 Å². The van der Waals surface area contributed by atoms with E-state index in [-0.39, 0.29) is 18.1 Å². The smallest absolute Gasteiger partial charge is 0.227 e. The Kier molecular flexibility index (Phi) is 5.64. The van der Waals surface area contributed by atoms with Crippen LogP contribution < -0.4 is 10.6 Å². The first-order valence-electron chi connectivity index (χ1n) is 10.2. The molecule has 10 heteroatoms. The zero-order chi connectivity index (χ0) is 24.0. The second kappa shape index (κ2) is 8.18. The molecule has 7 nitrogen and oxygen atoms in total. The van der Waals surface area contributed by atoms with E-state index in [0.29, 0.717) is 34.6 Å². The van der Waals surface area contributed by atoms with E-state index >= 15 is 0 Å². The minimum atomic E-state index is -2.34. The van der Waals surface area contributed by atoms with Crippen molar-refractivity contribution in [3.8, 4) is 17.3 Å². The lowest BCUT2D eigenvalue weighted by Gasteiger charge is -2.22. The van der Waals surface area contributed by atoms with E-state index in [2.05, 4.69) is 26.7 Å². The van der Waals surface area contributed by atoms with Gasteiger partial charge in [0.15, 0.2) is 0 Å². The molecule has 162 valence electrons. The molecule has 1 aliphatic rings. The number of nitrogens with zero attached hydrogens (tertiary/aromatic N) is 3. The topological polar surface area (TPSA) is 114 Å². The van der Waals surface area contributed by atoms with E-state index in [1.54, 1.807) is 25.3 Å². The van der Waals surface area contributed by atoms with Crippen LogP contribution in [0, 0.1) is 24.1 Å². The van der Waals surface area contributed by atoms with Gasteiger partial charge in [-0.05, 0) is 48.4 Å². The number of aromatic nitrogens is 2. The highest BCUT2D eigenvalue weighted by Crippen LogP contribution is 2.41. The molecule has 0 amide bonds. The average Bonchev–Trinajstić information content (AvgIpc) is 3.11. The molecule has 4 N–H and O–H groups in total. The number of hydrogen-bond acceptors (Lipinski definition) is 7. The van der Waals surface area contributed by atoms with Crippen LogP contribution in [0.25, 0.3) is 11.3 Å². The molecule has 2 heterocycles. The number of benzene rings is 2. The fourth-order valence-corrected chi connectivity index (χ4v) is 3.88. The second-order valence-corrected chi connectivity index (χ2v) is 8.49. The van der Waals surface area contributed by atoms with Crippen molar-refractivity contribution in [3.63, 3.8) is 0 Å². The van der Waals surface area contributed by atoms with Crippen LogP contribution in [0.15, 0.2) is 36.5 Å². The van der Waals surface area contributed by atoms with Gasteiger partial charge in [-0.1, -0.05) is 6.92 Å². The van der Waals surface area contributed by atoms with Gasteiger partial charge in [-0.3, -0.25) is 0 Å². The van der Waals surface area contributed by atoms with Crippen LogP contribution in [0.4, 0.5) is 21.7 Å². The quantitative estimate of drug-likeness (QED) is 0.452. The van der Waals surface area contributed by atoms with Gasteiger partial charge in [0, 0.05) is 40.4 Å². The lowest BCUT2D eigenvalue weighted by Crippen LogP contribution is -2.28. The molecule has 0 aliphatic carbocycles. The average molecular weight is 439 g/mol. The van der Waals surface area contributed by atoms with E-state index in [4.69, 9.17) is 15.7 Å². The van der Waals surface area contributed by atoms with Crippen LogP contribution in [-0.2, 0) is 10.8 Å². The molecule has 0 spiro atoms. The van der Waals surface area contributed by atoms with Crippen LogP contribution in [-0.4, -0.2) is 49.0 Å². The molecule has 4 rings (SSSR count). The molecule has 33 heavy (non-hydrogen) atoms. The Hall–Kier alpha value is -3.41. The number of anilines is 3. The third-order valence-electron chi connectivity index (χ3n) is 5.86. The van der Waals surface area contributed by atoms with E-state index in [0.717, 1.165) is 11.3 Å². The third-order valence-corrected chi connectivity index (χ3v) is 5.86. The van der Waals surface area contributed by atoms with Crippen LogP contribution in [0.1, 0.15) is 29.2 Å². The number of rotatable bonds is 5. The summed E-state index contributed by atoms with van der Waals surface area (Å²) in [6, 6.07) is 10.0. The molecule has 3 aromatic rings. The van der Waals surface area contributed by atoms with Gasteiger partial charge in [0.05, 0.1) is 23.6 Å². The van der Waals surface area contributed by atoms with Crippen molar-refractivity contribution in [2.24, 2.45) is 0 Å². The number of aliphatic hydroxyl groups excluding tert-OH is 1. The number of nitrogens with one attached hydrogen (secondary N) is 2. The van der Waals surface area contributed by atoms with Crippen molar-refractivity contribution < 1.29 is 14.6 Å². The van der Waals surface area contributed by atoms with E-state index in [9.17, 15) is 19.9 Å². The molecule has 0 saturated heterocycles. The summed E-state index contributed by atoms with van der Waals surface area (Å²) < 4.78 is 14.2. The molecule has 0 bridgehead atoms. The molecule has 4 radical (unpaired) electrons. The van der Waals surface area contributed by atoms with E-state index < -0.39 is 16.6 Å². The van der Waals surface area contributed by atoms with Gasteiger partial charge in [0.25, 0.3) is 0 Å². The van der Waals surface area contributed by atoms with Crippen molar-refractivity contribution in [2.75, 3.05) is 23.8 Å². The number of nitriles is 1. The van der Waals surface area contributed by atoms with Crippen molar-refractivity contribution in [1.29, 1.82) is 5.26 Å². The van der Waals surface area contributed by atoms with Gasteiger partial charge in [0.2, 0.25) is 5.95 Å². The second-order valence-electron chi connectivity index (χ2n) is 8.49. The summed E-state index contributed by atoms with van der Waals surface area (Å²) in [7, 11) is 10.9. The highest BCUT2D eigenvalue weighted by Gasteiger charge is 2.36. The summed E-state index contributed by atoms with van der Waals surface area (Å²) in [5.41, 5.74) is 3.41. The molecular formula is C23H20B2FN5O2. The Morgan fingerprint density at radius 3 is 2.76 bits per heavy atom. The van der Waals surface area contributed by atoms with Gasteiger partial charge in [-0.15, -0.1) is 0 Å². The number of fused-ring (bicyclic) bond motifs is 1. The largest absolute Gasteiger partial charge is 0.405 e. The number of aliphatic hydroxyl groups is 2. The number of hydrogen-bond donors (Lipinski definition) is 4. The molecule has 2 aromatic carbocycles. The first-order chi connectivity index (χ1) is 15.6. The summed E-state index contributed by atoms with van der Waals surface area (Å²) in [5.74, 6) is -0.518. The Morgan fingerprint density at radius 1 is 1.33 bits per heavy atom. The lowest BCUT2D eigenvalue weighted by atomic mass is 9.61. The molecule has 0 unspecified atom stereocenters. The minimum Gasteiger partial charge on any atom is -0.405 e. The summed E-state index contributed by atoms with van der Waals surface area (Å²) in [6.07, 6.45) is 1.55. The van der Waals surface area contributed by atoms with Crippen LogP contribution in [0.5, 0.6) is 0 Å². The van der Waals surface area contributed by atoms with Gasteiger partial charge in [0.1, 0.15) is 27.6 Å². The lowest BCUT2D eigenvalue weighted by molar-refractivity contribution is 0.211. The maximum Gasteiger partial charge on any atom is 0.227 e. The maximum absolute atomic E-state index is 14.2. The van der Waals surface area contributed by atoms with Crippen LogP contribution in [0.3, 0.4) is 0 Å². The summed E-state index contributed by atoms with van der Waals surface area (Å²) in [5, 5.41) is 33.3. The van der Waals surface area contributed by atoms with E-state index in [1.807, 2.05) is 13.0 Å². The summed E-state index contributed by atoms with van der Waals surface area (Å²) >= 11 is 0. The normalized spacial score (nSPS) is 17.2. The highest BCUT2D eigenvalue weighted by molar-refractivity contribution is 6.38. The first kappa shape index (κ1) is 22.8. The predicted octanol–water partition coefficient (Wildman–Crippen LogP) is 2.32. The summed E-state index contributed by atoms with van der Waals surface area (Å²) in [4.78, 5) is 8.75. The number of halogens is 1. The molecule has 0 saturated carbocycles. The Balaban J connectivity index is 1.74. The monoisotopic (exact) mass is 439 g/mol. The zero-order valence-electron chi connectivity index (χ0n) is 18.1. The van der Waals surface area contributed by atoms with Gasteiger partial charge in [-0.2, -0.15) is 5.26 Å². The Labute approximate surface area is 193 Å². The minimum absolute atomic E-state index is 0.0707. The first-order valence-corrected chi connectivity index (χ1v) is 10.2. The SMILES string of the molecule is [B]C([B])(O)c1cc(Nc2nccc(-c3cc(C#N)c4c(c3)[C@@](C)(CO)CN4)n2)c(C)cc1F. The molecule has 1 aromatic heterocycles. The van der Waals surface area contributed by atoms with Gasteiger partial charge >= 0.3 is 0 Å². The van der Waals surface area contributed by atoms with Crippen molar-refractivity contribution in [2.45, 2.75) is 24.7 Å².